The van der Waals surface area contributed by atoms with Gasteiger partial charge in [0, 0.05) is 28.0 Å². The highest BCUT2D eigenvalue weighted by Gasteiger charge is 2.32. The summed E-state index contributed by atoms with van der Waals surface area (Å²) < 4.78 is 0. The molecule has 1 nitrogen and oxygen atoms in total. The van der Waals surface area contributed by atoms with Crippen molar-refractivity contribution in [1.82, 2.24) is 5.32 Å². The third-order valence-electron chi connectivity index (χ3n) is 3.48. The molecule has 0 aliphatic carbocycles. The van der Waals surface area contributed by atoms with Gasteiger partial charge in [0.25, 0.3) is 0 Å². The van der Waals surface area contributed by atoms with Crippen LogP contribution in [0.3, 0.4) is 0 Å². The lowest BCUT2D eigenvalue weighted by atomic mass is 9.94. The van der Waals surface area contributed by atoms with Gasteiger partial charge in [-0.3, -0.25) is 0 Å². The lowest BCUT2D eigenvalue weighted by molar-refractivity contribution is 0.356. The van der Waals surface area contributed by atoms with Crippen molar-refractivity contribution in [3.05, 3.63) is 0 Å². The standard InChI is InChI=1S/C13H27NS2/c1-5-7-14-12(10(3)6-2)13-11(4)15-8-9-16-13/h10-14H,5-9H2,1-4H3. The van der Waals surface area contributed by atoms with Gasteiger partial charge in [0.2, 0.25) is 0 Å². The van der Waals surface area contributed by atoms with Crippen LogP contribution in [-0.4, -0.2) is 34.6 Å². The molecule has 1 saturated heterocycles. The maximum Gasteiger partial charge on any atom is 0.0320 e. The van der Waals surface area contributed by atoms with Crippen molar-refractivity contribution in [2.24, 2.45) is 5.92 Å². The summed E-state index contributed by atoms with van der Waals surface area (Å²) in [6.45, 7) is 10.6. The summed E-state index contributed by atoms with van der Waals surface area (Å²) in [5, 5.41) is 5.40. The molecule has 0 aromatic rings. The van der Waals surface area contributed by atoms with Crippen LogP contribution in [0.1, 0.15) is 40.5 Å². The minimum Gasteiger partial charge on any atom is -0.313 e. The topological polar surface area (TPSA) is 12.0 Å². The molecule has 0 spiro atoms. The van der Waals surface area contributed by atoms with Gasteiger partial charge in [-0.05, 0) is 18.9 Å². The summed E-state index contributed by atoms with van der Waals surface area (Å²) in [6, 6.07) is 0.706. The number of rotatable bonds is 6. The Kier molecular flexibility index (Phi) is 7.25. The molecule has 0 aromatic heterocycles. The van der Waals surface area contributed by atoms with Crippen molar-refractivity contribution in [2.45, 2.75) is 57.1 Å². The summed E-state index contributed by atoms with van der Waals surface area (Å²) in [7, 11) is 0. The van der Waals surface area contributed by atoms with Crippen molar-refractivity contribution in [2.75, 3.05) is 18.1 Å². The average molecular weight is 262 g/mol. The molecule has 0 saturated carbocycles. The van der Waals surface area contributed by atoms with Crippen LogP contribution in [0.5, 0.6) is 0 Å². The minimum atomic E-state index is 0.706. The number of thioether (sulfide) groups is 2. The Hall–Kier alpha value is 0.660. The average Bonchev–Trinajstić information content (AvgIpc) is 2.31. The zero-order chi connectivity index (χ0) is 12.0. The third-order valence-corrected chi connectivity index (χ3v) is 6.69. The second-order valence-electron chi connectivity index (χ2n) is 4.78. The van der Waals surface area contributed by atoms with Gasteiger partial charge >= 0.3 is 0 Å². The number of hydrogen-bond donors (Lipinski definition) is 1. The van der Waals surface area contributed by atoms with Gasteiger partial charge in [0.1, 0.15) is 0 Å². The van der Waals surface area contributed by atoms with Crippen LogP contribution >= 0.6 is 23.5 Å². The zero-order valence-electron chi connectivity index (χ0n) is 11.2. The zero-order valence-corrected chi connectivity index (χ0v) is 12.8. The molecule has 0 amide bonds. The predicted molar refractivity (Wildman–Crippen MR) is 79.7 cm³/mol. The molecule has 0 bridgehead atoms. The van der Waals surface area contributed by atoms with E-state index in [2.05, 4.69) is 56.5 Å². The first-order chi connectivity index (χ1) is 7.70. The molecule has 3 heteroatoms. The molecule has 1 aliphatic heterocycles. The predicted octanol–water partition coefficient (Wildman–Crippen LogP) is 3.64. The summed E-state index contributed by atoms with van der Waals surface area (Å²) >= 11 is 4.35. The maximum absolute atomic E-state index is 3.79. The van der Waals surface area contributed by atoms with Crippen LogP contribution in [0.25, 0.3) is 0 Å². The maximum atomic E-state index is 3.79. The largest absolute Gasteiger partial charge is 0.313 e. The van der Waals surface area contributed by atoms with E-state index in [1.165, 1.54) is 30.9 Å². The van der Waals surface area contributed by atoms with Gasteiger partial charge in [-0.1, -0.05) is 34.1 Å². The molecule has 1 rings (SSSR count). The quantitative estimate of drug-likeness (QED) is 0.784. The second-order valence-corrected chi connectivity index (χ2v) is 7.55. The van der Waals surface area contributed by atoms with E-state index in [0.29, 0.717) is 6.04 Å². The van der Waals surface area contributed by atoms with Crippen molar-refractivity contribution in [3.8, 4) is 0 Å². The molecule has 4 unspecified atom stereocenters. The molecule has 0 radical (unpaired) electrons. The SMILES string of the molecule is CCCNC(C(C)CC)C1SCCSC1C. The first-order valence-corrected chi connectivity index (χ1v) is 8.77. The van der Waals surface area contributed by atoms with E-state index in [9.17, 15) is 0 Å². The Balaban J connectivity index is 2.57. The van der Waals surface area contributed by atoms with Gasteiger partial charge in [-0.2, -0.15) is 23.5 Å². The molecule has 1 aliphatic rings. The molecule has 0 aromatic carbocycles. The van der Waals surface area contributed by atoms with Gasteiger partial charge in [-0.25, -0.2) is 0 Å². The van der Waals surface area contributed by atoms with Crippen LogP contribution in [0.2, 0.25) is 0 Å². The summed E-state index contributed by atoms with van der Waals surface area (Å²) in [6.07, 6.45) is 2.53. The Morgan fingerprint density at radius 1 is 1.25 bits per heavy atom. The fourth-order valence-corrected chi connectivity index (χ4v) is 5.34. The van der Waals surface area contributed by atoms with Gasteiger partial charge in [0.15, 0.2) is 0 Å². The van der Waals surface area contributed by atoms with Crippen molar-refractivity contribution in [3.63, 3.8) is 0 Å². The highest BCUT2D eigenvalue weighted by Crippen LogP contribution is 2.35. The van der Waals surface area contributed by atoms with E-state index in [1.54, 1.807) is 0 Å². The lowest BCUT2D eigenvalue weighted by Gasteiger charge is -2.38. The summed E-state index contributed by atoms with van der Waals surface area (Å²) in [5.41, 5.74) is 0. The summed E-state index contributed by atoms with van der Waals surface area (Å²) in [4.78, 5) is 0. The summed E-state index contributed by atoms with van der Waals surface area (Å²) in [5.74, 6) is 3.47. The van der Waals surface area contributed by atoms with E-state index >= 15 is 0 Å². The first kappa shape index (κ1) is 14.7. The highest BCUT2D eigenvalue weighted by atomic mass is 32.2. The molecule has 1 N–H and O–H groups in total. The van der Waals surface area contributed by atoms with Crippen LogP contribution in [0.15, 0.2) is 0 Å². The van der Waals surface area contributed by atoms with E-state index in [-0.39, 0.29) is 0 Å². The molecule has 16 heavy (non-hydrogen) atoms. The lowest BCUT2D eigenvalue weighted by Crippen LogP contribution is -2.48. The molecular formula is C13H27NS2. The highest BCUT2D eigenvalue weighted by molar-refractivity contribution is 8.07. The number of hydrogen-bond acceptors (Lipinski definition) is 3. The van der Waals surface area contributed by atoms with Crippen molar-refractivity contribution >= 4 is 23.5 Å². The van der Waals surface area contributed by atoms with E-state index < -0.39 is 0 Å². The minimum absolute atomic E-state index is 0.706. The Morgan fingerprint density at radius 3 is 2.50 bits per heavy atom. The fourth-order valence-electron chi connectivity index (χ4n) is 2.25. The Morgan fingerprint density at radius 2 is 1.94 bits per heavy atom. The Bertz CT molecular complexity index is 187. The van der Waals surface area contributed by atoms with Gasteiger partial charge in [0.05, 0.1) is 0 Å². The molecule has 96 valence electrons. The van der Waals surface area contributed by atoms with Crippen LogP contribution < -0.4 is 5.32 Å². The third kappa shape index (κ3) is 4.15. The normalized spacial score (nSPS) is 30.0. The van der Waals surface area contributed by atoms with Crippen LogP contribution in [0.4, 0.5) is 0 Å². The van der Waals surface area contributed by atoms with Gasteiger partial charge < -0.3 is 5.32 Å². The molecule has 1 fully saturated rings. The molecular weight excluding hydrogens is 234 g/mol. The number of nitrogens with one attached hydrogen (secondary N) is 1. The van der Waals surface area contributed by atoms with E-state index in [1.807, 2.05) is 0 Å². The monoisotopic (exact) mass is 261 g/mol. The smallest absolute Gasteiger partial charge is 0.0320 e. The van der Waals surface area contributed by atoms with Crippen molar-refractivity contribution < 1.29 is 0 Å². The second kappa shape index (κ2) is 7.88. The van der Waals surface area contributed by atoms with Crippen LogP contribution in [-0.2, 0) is 0 Å². The van der Waals surface area contributed by atoms with E-state index in [0.717, 1.165) is 16.4 Å². The van der Waals surface area contributed by atoms with E-state index in [4.69, 9.17) is 0 Å². The Labute approximate surface area is 110 Å². The first-order valence-electron chi connectivity index (χ1n) is 6.67. The molecule has 1 heterocycles. The van der Waals surface area contributed by atoms with Crippen molar-refractivity contribution in [1.29, 1.82) is 0 Å². The van der Waals surface area contributed by atoms with Gasteiger partial charge in [-0.15, -0.1) is 0 Å². The molecule has 4 atom stereocenters. The van der Waals surface area contributed by atoms with Crippen LogP contribution in [0, 0.1) is 5.92 Å². The fraction of sp³-hybridized carbons (Fsp3) is 1.00.